The quantitative estimate of drug-likeness (QED) is 0.847. The molecule has 0 unspecified atom stereocenters. The Bertz CT molecular complexity index is 591. The number of benzene rings is 1. The largest absolute Gasteiger partial charge is 0.495 e. The summed E-state index contributed by atoms with van der Waals surface area (Å²) in [6.45, 7) is 7.32. The van der Waals surface area contributed by atoms with E-state index in [-0.39, 0.29) is 5.41 Å². The molecular weight excluding hydrogens is 254 g/mol. The molecule has 0 atom stereocenters. The minimum atomic E-state index is 0.141. The van der Waals surface area contributed by atoms with Gasteiger partial charge in [0.05, 0.1) is 19.3 Å². The molecule has 1 aromatic heterocycles. The number of methoxy groups -OCH3 is 1. The van der Waals surface area contributed by atoms with Gasteiger partial charge in [0.1, 0.15) is 5.75 Å². The Morgan fingerprint density at radius 2 is 2.10 bits per heavy atom. The minimum absolute atomic E-state index is 0.141. The zero-order chi connectivity index (χ0) is 14.8. The van der Waals surface area contributed by atoms with Crippen molar-refractivity contribution in [2.24, 2.45) is 5.41 Å². The molecule has 0 aliphatic rings. The summed E-state index contributed by atoms with van der Waals surface area (Å²) in [5.41, 5.74) is 7.47. The second-order valence-corrected chi connectivity index (χ2v) is 5.63. The predicted molar refractivity (Wildman–Crippen MR) is 78.3 cm³/mol. The molecule has 0 bridgehead atoms. The Balaban J connectivity index is 2.37. The second-order valence-electron chi connectivity index (χ2n) is 5.63. The summed E-state index contributed by atoms with van der Waals surface area (Å²) >= 11 is 0. The van der Waals surface area contributed by atoms with Crippen LogP contribution < -0.4 is 10.5 Å². The molecule has 0 amide bonds. The lowest BCUT2D eigenvalue weighted by Gasteiger charge is -2.22. The summed E-state index contributed by atoms with van der Waals surface area (Å²) in [6, 6.07) is 5.56. The summed E-state index contributed by atoms with van der Waals surface area (Å²) in [5.74, 6) is 1.36. The molecule has 0 aliphatic heterocycles. The van der Waals surface area contributed by atoms with E-state index in [1.807, 2.05) is 16.8 Å². The molecule has 0 fully saturated rings. The Morgan fingerprint density at radius 1 is 1.35 bits per heavy atom. The lowest BCUT2D eigenvalue weighted by Crippen LogP contribution is -2.20. The van der Waals surface area contributed by atoms with Crippen molar-refractivity contribution < 1.29 is 4.74 Å². The number of nitrogens with two attached hydrogens (primary N) is 1. The number of anilines is 1. The van der Waals surface area contributed by atoms with Crippen LogP contribution in [-0.4, -0.2) is 27.3 Å². The van der Waals surface area contributed by atoms with Crippen LogP contribution in [0.15, 0.2) is 18.2 Å². The summed E-state index contributed by atoms with van der Waals surface area (Å²) in [5, 5.41) is 12.0. The molecule has 0 saturated carbocycles. The minimum Gasteiger partial charge on any atom is -0.495 e. The smallest absolute Gasteiger partial charge is 0.182 e. The maximum absolute atomic E-state index is 5.83. The molecule has 6 heteroatoms. The van der Waals surface area contributed by atoms with Gasteiger partial charge in [-0.1, -0.05) is 20.8 Å². The number of aromatic nitrogens is 4. The first-order valence-corrected chi connectivity index (χ1v) is 6.67. The SMILES string of the molecule is CCC(C)(C)Cn1nnnc1-c1ccc(N)c(OC)c1. The summed E-state index contributed by atoms with van der Waals surface area (Å²) in [7, 11) is 1.60. The third kappa shape index (κ3) is 2.89. The average Bonchev–Trinajstić information content (AvgIpc) is 2.87. The molecule has 6 nitrogen and oxygen atoms in total. The third-order valence-electron chi connectivity index (χ3n) is 3.56. The van der Waals surface area contributed by atoms with Crippen molar-refractivity contribution in [3.8, 4) is 17.1 Å². The number of hydrogen-bond donors (Lipinski definition) is 1. The van der Waals surface area contributed by atoms with Gasteiger partial charge in [-0.25, -0.2) is 4.68 Å². The molecule has 108 valence electrons. The van der Waals surface area contributed by atoms with E-state index >= 15 is 0 Å². The van der Waals surface area contributed by atoms with Crippen LogP contribution in [0, 0.1) is 5.41 Å². The average molecular weight is 275 g/mol. The molecule has 2 N–H and O–H groups in total. The Kier molecular flexibility index (Phi) is 3.92. The first-order valence-electron chi connectivity index (χ1n) is 6.67. The summed E-state index contributed by atoms with van der Waals surface area (Å²) < 4.78 is 7.07. The van der Waals surface area contributed by atoms with Gasteiger partial charge in [0.15, 0.2) is 5.82 Å². The number of ether oxygens (including phenoxy) is 1. The second kappa shape index (κ2) is 5.48. The molecule has 0 radical (unpaired) electrons. The van der Waals surface area contributed by atoms with Crippen LogP contribution in [0.3, 0.4) is 0 Å². The van der Waals surface area contributed by atoms with Gasteiger partial charge >= 0.3 is 0 Å². The van der Waals surface area contributed by atoms with Gasteiger partial charge in [-0.05, 0) is 40.5 Å². The molecule has 2 rings (SSSR count). The molecule has 1 heterocycles. The number of nitrogens with zero attached hydrogens (tertiary/aromatic N) is 4. The maximum Gasteiger partial charge on any atom is 0.182 e. The maximum atomic E-state index is 5.83. The van der Waals surface area contributed by atoms with Crippen molar-refractivity contribution in [3.63, 3.8) is 0 Å². The highest BCUT2D eigenvalue weighted by atomic mass is 16.5. The first kappa shape index (κ1) is 14.3. The van der Waals surface area contributed by atoms with E-state index in [4.69, 9.17) is 10.5 Å². The third-order valence-corrected chi connectivity index (χ3v) is 3.56. The van der Waals surface area contributed by atoms with E-state index < -0.39 is 0 Å². The van der Waals surface area contributed by atoms with Crippen molar-refractivity contribution in [2.45, 2.75) is 33.7 Å². The lowest BCUT2D eigenvalue weighted by atomic mass is 9.90. The van der Waals surface area contributed by atoms with Crippen molar-refractivity contribution in [3.05, 3.63) is 18.2 Å². The van der Waals surface area contributed by atoms with Crippen LogP contribution >= 0.6 is 0 Å². The Hall–Kier alpha value is -2.11. The predicted octanol–water partition coefficient (Wildman–Crippen LogP) is 2.37. The van der Waals surface area contributed by atoms with Crippen LogP contribution in [-0.2, 0) is 6.54 Å². The Morgan fingerprint density at radius 3 is 2.75 bits per heavy atom. The fraction of sp³-hybridized carbons (Fsp3) is 0.500. The van der Waals surface area contributed by atoms with Gasteiger partial charge in [-0.3, -0.25) is 0 Å². The van der Waals surface area contributed by atoms with Crippen LogP contribution in [0.4, 0.5) is 5.69 Å². The Labute approximate surface area is 118 Å². The fourth-order valence-corrected chi connectivity index (χ4v) is 1.89. The molecule has 1 aromatic carbocycles. The van der Waals surface area contributed by atoms with Gasteiger partial charge in [-0.15, -0.1) is 5.10 Å². The normalized spacial score (nSPS) is 11.6. The van der Waals surface area contributed by atoms with Crippen LogP contribution in [0.5, 0.6) is 5.75 Å². The summed E-state index contributed by atoms with van der Waals surface area (Å²) in [4.78, 5) is 0. The topological polar surface area (TPSA) is 78.9 Å². The molecule has 20 heavy (non-hydrogen) atoms. The van der Waals surface area contributed by atoms with E-state index in [0.29, 0.717) is 11.4 Å². The molecule has 0 aliphatic carbocycles. The van der Waals surface area contributed by atoms with Gasteiger partial charge < -0.3 is 10.5 Å². The number of hydrogen-bond acceptors (Lipinski definition) is 5. The number of rotatable bonds is 5. The number of nitrogen functional groups attached to an aromatic ring is 1. The standard InChI is InChI=1S/C14H21N5O/c1-5-14(2,3)9-19-13(16-17-18-19)10-6-7-11(15)12(8-10)20-4/h6-8H,5,9,15H2,1-4H3. The first-order chi connectivity index (χ1) is 9.46. The zero-order valence-electron chi connectivity index (χ0n) is 12.4. The number of tetrazole rings is 1. The van der Waals surface area contributed by atoms with Crippen LogP contribution in [0.1, 0.15) is 27.2 Å². The lowest BCUT2D eigenvalue weighted by molar-refractivity contribution is 0.279. The van der Waals surface area contributed by atoms with Crippen molar-refractivity contribution in [1.29, 1.82) is 0 Å². The molecule has 2 aromatic rings. The van der Waals surface area contributed by atoms with Gasteiger partial charge in [-0.2, -0.15) is 0 Å². The van der Waals surface area contributed by atoms with Gasteiger partial charge in [0.2, 0.25) is 0 Å². The highest BCUT2D eigenvalue weighted by Crippen LogP contribution is 2.29. The molecule has 0 spiro atoms. The van der Waals surface area contributed by atoms with Crippen molar-refractivity contribution in [2.75, 3.05) is 12.8 Å². The fourth-order valence-electron chi connectivity index (χ4n) is 1.89. The summed E-state index contributed by atoms with van der Waals surface area (Å²) in [6.07, 6.45) is 1.05. The van der Waals surface area contributed by atoms with E-state index in [9.17, 15) is 0 Å². The van der Waals surface area contributed by atoms with E-state index in [2.05, 4.69) is 36.3 Å². The van der Waals surface area contributed by atoms with Crippen LogP contribution in [0.25, 0.3) is 11.4 Å². The van der Waals surface area contributed by atoms with E-state index in [0.717, 1.165) is 24.4 Å². The molecular formula is C14H21N5O. The zero-order valence-corrected chi connectivity index (χ0v) is 12.4. The monoisotopic (exact) mass is 275 g/mol. The van der Waals surface area contributed by atoms with E-state index in [1.54, 1.807) is 13.2 Å². The van der Waals surface area contributed by atoms with Gasteiger partial charge in [0, 0.05) is 5.56 Å². The van der Waals surface area contributed by atoms with Crippen molar-refractivity contribution in [1.82, 2.24) is 20.2 Å². The van der Waals surface area contributed by atoms with E-state index in [1.165, 1.54) is 0 Å². The van der Waals surface area contributed by atoms with Crippen molar-refractivity contribution >= 4 is 5.69 Å². The molecule has 0 saturated heterocycles. The van der Waals surface area contributed by atoms with Crippen LogP contribution in [0.2, 0.25) is 0 Å². The van der Waals surface area contributed by atoms with Gasteiger partial charge in [0.25, 0.3) is 0 Å². The highest BCUT2D eigenvalue weighted by Gasteiger charge is 2.20. The highest BCUT2D eigenvalue weighted by molar-refractivity contribution is 5.65.